The summed E-state index contributed by atoms with van der Waals surface area (Å²) in [6, 6.07) is 24.9. The number of benzene rings is 3. The van der Waals surface area contributed by atoms with E-state index >= 15 is 0 Å². The summed E-state index contributed by atoms with van der Waals surface area (Å²) in [6.45, 7) is 2.55. The van der Waals surface area contributed by atoms with Crippen molar-refractivity contribution in [3.05, 3.63) is 84.4 Å². The molecule has 178 valence electrons. The number of rotatable bonds is 10. The molecular formula is C26H25N5O3S. The van der Waals surface area contributed by atoms with Crippen LogP contribution < -0.4 is 14.9 Å². The van der Waals surface area contributed by atoms with E-state index in [1.807, 2.05) is 90.4 Å². The van der Waals surface area contributed by atoms with Gasteiger partial charge in [-0.05, 0) is 61.0 Å². The molecule has 35 heavy (non-hydrogen) atoms. The molecule has 4 aromatic rings. The van der Waals surface area contributed by atoms with Crippen LogP contribution in [0.1, 0.15) is 12.5 Å². The molecule has 3 aromatic carbocycles. The minimum Gasteiger partial charge on any atom is -0.497 e. The van der Waals surface area contributed by atoms with Gasteiger partial charge in [0.2, 0.25) is 0 Å². The predicted octanol–water partition coefficient (Wildman–Crippen LogP) is 4.58. The van der Waals surface area contributed by atoms with Gasteiger partial charge in [0.25, 0.3) is 5.91 Å². The van der Waals surface area contributed by atoms with E-state index in [-0.39, 0.29) is 11.7 Å². The molecule has 1 heterocycles. The number of hydrogen-bond donors (Lipinski definition) is 1. The minimum absolute atomic E-state index is 0.129. The second kappa shape index (κ2) is 11.8. The normalized spacial score (nSPS) is 10.9. The van der Waals surface area contributed by atoms with Crippen LogP contribution in [0, 0.1) is 0 Å². The molecule has 0 spiro atoms. The van der Waals surface area contributed by atoms with Crippen molar-refractivity contribution in [2.24, 2.45) is 5.10 Å². The molecule has 0 fully saturated rings. The van der Waals surface area contributed by atoms with Gasteiger partial charge in [-0.2, -0.15) is 5.10 Å². The Morgan fingerprint density at radius 3 is 2.40 bits per heavy atom. The van der Waals surface area contributed by atoms with Crippen LogP contribution in [0.5, 0.6) is 11.5 Å². The first kappa shape index (κ1) is 24.0. The van der Waals surface area contributed by atoms with Crippen LogP contribution in [0.3, 0.4) is 0 Å². The first-order chi connectivity index (χ1) is 17.2. The SMILES string of the molecule is CCOc1ccc(C=NNC(=O)CSc2nnc(-c3ccccc3)n2-c2ccc(OC)cc2)cc1. The van der Waals surface area contributed by atoms with Gasteiger partial charge in [0.15, 0.2) is 11.0 Å². The van der Waals surface area contributed by atoms with Gasteiger partial charge in [-0.25, -0.2) is 5.43 Å². The number of nitrogens with one attached hydrogen (secondary N) is 1. The molecule has 0 aliphatic carbocycles. The molecule has 1 N–H and O–H groups in total. The molecule has 9 heteroatoms. The first-order valence-corrected chi connectivity index (χ1v) is 12.0. The van der Waals surface area contributed by atoms with E-state index in [4.69, 9.17) is 9.47 Å². The summed E-state index contributed by atoms with van der Waals surface area (Å²) in [6.07, 6.45) is 1.59. The molecule has 0 bridgehead atoms. The second-order valence-electron chi connectivity index (χ2n) is 7.29. The molecule has 0 radical (unpaired) electrons. The van der Waals surface area contributed by atoms with Crippen LogP contribution in [0.15, 0.2) is 89.1 Å². The van der Waals surface area contributed by atoms with Gasteiger partial charge in [-0.15, -0.1) is 10.2 Å². The molecule has 4 rings (SSSR count). The predicted molar refractivity (Wildman–Crippen MR) is 137 cm³/mol. The average molecular weight is 488 g/mol. The van der Waals surface area contributed by atoms with Crippen molar-refractivity contribution in [1.82, 2.24) is 20.2 Å². The summed E-state index contributed by atoms with van der Waals surface area (Å²) in [7, 11) is 1.63. The van der Waals surface area contributed by atoms with Gasteiger partial charge >= 0.3 is 0 Å². The lowest BCUT2D eigenvalue weighted by Gasteiger charge is -2.11. The maximum absolute atomic E-state index is 12.4. The molecule has 0 aliphatic heterocycles. The van der Waals surface area contributed by atoms with Gasteiger partial charge in [0.1, 0.15) is 11.5 Å². The summed E-state index contributed by atoms with van der Waals surface area (Å²) < 4.78 is 12.6. The second-order valence-corrected chi connectivity index (χ2v) is 8.23. The van der Waals surface area contributed by atoms with E-state index in [0.717, 1.165) is 28.3 Å². The van der Waals surface area contributed by atoms with Crippen LogP contribution in [0.2, 0.25) is 0 Å². The summed E-state index contributed by atoms with van der Waals surface area (Å²) in [5.74, 6) is 2.11. The van der Waals surface area contributed by atoms with Crippen LogP contribution in [0.4, 0.5) is 0 Å². The number of methoxy groups -OCH3 is 1. The molecule has 1 amide bonds. The lowest BCUT2D eigenvalue weighted by atomic mass is 10.2. The zero-order valence-corrected chi connectivity index (χ0v) is 20.2. The molecule has 0 aliphatic rings. The zero-order chi connectivity index (χ0) is 24.5. The quantitative estimate of drug-likeness (QED) is 0.200. The van der Waals surface area contributed by atoms with Gasteiger partial charge in [-0.1, -0.05) is 42.1 Å². The van der Waals surface area contributed by atoms with E-state index in [1.165, 1.54) is 11.8 Å². The highest BCUT2D eigenvalue weighted by Crippen LogP contribution is 2.28. The number of aromatic nitrogens is 3. The van der Waals surface area contributed by atoms with E-state index in [2.05, 4.69) is 20.7 Å². The Bertz CT molecular complexity index is 1270. The fourth-order valence-corrected chi connectivity index (χ4v) is 4.00. The largest absolute Gasteiger partial charge is 0.497 e. The first-order valence-electron chi connectivity index (χ1n) is 11.0. The number of amides is 1. The number of carbonyl (C=O) groups is 1. The highest BCUT2D eigenvalue weighted by atomic mass is 32.2. The Hall–Kier alpha value is -4.11. The highest BCUT2D eigenvalue weighted by molar-refractivity contribution is 7.99. The Balaban J connectivity index is 1.45. The number of thioether (sulfide) groups is 1. The number of carbonyl (C=O) groups excluding carboxylic acids is 1. The minimum atomic E-state index is -0.247. The smallest absolute Gasteiger partial charge is 0.250 e. The van der Waals surface area contributed by atoms with Gasteiger partial charge < -0.3 is 9.47 Å². The molecule has 0 saturated heterocycles. The van der Waals surface area contributed by atoms with Crippen LogP contribution in [-0.4, -0.2) is 46.4 Å². The third kappa shape index (κ3) is 6.27. The molecule has 1 aromatic heterocycles. The Morgan fingerprint density at radius 2 is 1.71 bits per heavy atom. The van der Waals surface area contributed by atoms with Gasteiger partial charge in [0, 0.05) is 11.3 Å². The van der Waals surface area contributed by atoms with E-state index in [9.17, 15) is 4.79 Å². The van der Waals surface area contributed by atoms with Crippen molar-refractivity contribution in [1.29, 1.82) is 0 Å². The summed E-state index contributed by atoms with van der Waals surface area (Å²) in [5, 5.41) is 13.4. The maximum Gasteiger partial charge on any atom is 0.250 e. The van der Waals surface area contributed by atoms with Crippen molar-refractivity contribution >= 4 is 23.9 Å². The van der Waals surface area contributed by atoms with Crippen molar-refractivity contribution in [3.63, 3.8) is 0 Å². The fraction of sp³-hybridized carbons (Fsp3) is 0.154. The maximum atomic E-state index is 12.4. The summed E-state index contributed by atoms with van der Waals surface area (Å²) >= 11 is 1.28. The molecule has 0 saturated carbocycles. The van der Waals surface area contributed by atoms with Crippen molar-refractivity contribution in [3.8, 4) is 28.6 Å². The molecule has 8 nitrogen and oxygen atoms in total. The lowest BCUT2D eigenvalue weighted by Crippen LogP contribution is -2.20. The van der Waals surface area contributed by atoms with E-state index in [0.29, 0.717) is 17.6 Å². The van der Waals surface area contributed by atoms with Crippen molar-refractivity contribution < 1.29 is 14.3 Å². The Labute approximate surface area is 208 Å². The average Bonchev–Trinajstić information content (AvgIpc) is 3.33. The number of hydrogen-bond acceptors (Lipinski definition) is 7. The third-order valence-electron chi connectivity index (χ3n) is 4.92. The van der Waals surface area contributed by atoms with Gasteiger partial charge in [-0.3, -0.25) is 9.36 Å². The van der Waals surface area contributed by atoms with Crippen molar-refractivity contribution in [2.75, 3.05) is 19.5 Å². The standard InChI is InChI=1S/C26H25N5O3S/c1-3-34-23-13-9-19(10-14-23)17-27-28-24(32)18-35-26-30-29-25(20-7-5-4-6-8-20)31(26)21-11-15-22(33-2)16-12-21/h4-17H,3,18H2,1-2H3,(H,28,32). The lowest BCUT2D eigenvalue weighted by molar-refractivity contribution is -0.118. The number of ether oxygens (including phenoxy) is 2. The van der Waals surface area contributed by atoms with E-state index in [1.54, 1.807) is 13.3 Å². The summed E-state index contributed by atoms with van der Waals surface area (Å²) in [4.78, 5) is 12.4. The third-order valence-corrected chi connectivity index (χ3v) is 5.85. The topological polar surface area (TPSA) is 90.6 Å². The Kier molecular flexibility index (Phi) is 8.13. The van der Waals surface area contributed by atoms with Crippen LogP contribution >= 0.6 is 11.8 Å². The fourth-order valence-electron chi connectivity index (χ4n) is 3.26. The molecule has 0 unspecified atom stereocenters. The van der Waals surface area contributed by atoms with E-state index < -0.39 is 0 Å². The number of hydrazone groups is 1. The molecular weight excluding hydrogens is 462 g/mol. The monoisotopic (exact) mass is 487 g/mol. The van der Waals surface area contributed by atoms with Crippen LogP contribution in [-0.2, 0) is 4.79 Å². The molecule has 0 atom stereocenters. The van der Waals surface area contributed by atoms with Gasteiger partial charge in [0.05, 0.1) is 25.7 Å². The van der Waals surface area contributed by atoms with Crippen molar-refractivity contribution in [2.45, 2.75) is 12.1 Å². The summed E-state index contributed by atoms with van der Waals surface area (Å²) in [5.41, 5.74) is 5.20. The number of nitrogens with zero attached hydrogens (tertiary/aromatic N) is 4. The highest BCUT2D eigenvalue weighted by Gasteiger charge is 2.17. The zero-order valence-electron chi connectivity index (χ0n) is 19.4. The van der Waals surface area contributed by atoms with Crippen LogP contribution in [0.25, 0.3) is 17.1 Å². The Morgan fingerprint density at radius 1 is 1.00 bits per heavy atom.